The minimum Gasteiger partial charge on any atom is -0.392 e. The monoisotopic (exact) mass is 516 g/mol. The molecule has 0 heterocycles. The smallest absolute Gasteiger partial charge is 0.392 e. The molecule has 35 heavy (non-hydrogen) atoms. The summed E-state index contributed by atoms with van der Waals surface area (Å²) in [7, 11) is -3.53. The quantitative estimate of drug-likeness (QED) is 0.450. The number of hydrogen-bond donors (Lipinski definition) is 3. The van der Waals surface area contributed by atoms with E-state index in [1.54, 1.807) is 19.1 Å². The average Bonchev–Trinajstić information content (AvgIpc) is 3.53. The largest absolute Gasteiger partial charge is 0.398 e. The lowest BCUT2D eigenvalue weighted by Gasteiger charge is -2.28. The van der Waals surface area contributed by atoms with E-state index in [4.69, 9.17) is 0 Å². The fourth-order valence-electron chi connectivity index (χ4n) is 3.99. The zero-order chi connectivity index (χ0) is 26.3. The van der Waals surface area contributed by atoms with Crippen molar-refractivity contribution in [3.63, 3.8) is 0 Å². The maximum absolute atomic E-state index is 14.6. The Labute approximate surface area is 201 Å². The van der Waals surface area contributed by atoms with Gasteiger partial charge in [0.2, 0.25) is 15.9 Å². The number of sulfonamides is 1. The van der Waals surface area contributed by atoms with Crippen molar-refractivity contribution in [3.8, 4) is 0 Å². The third-order valence-electron chi connectivity index (χ3n) is 6.38. The van der Waals surface area contributed by atoms with Crippen molar-refractivity contribution < 1.29 is 35.9 Å². The van der Waals surface area contributed by atoms with Crippen molar-refractivity contribution in [1.82, 2.24) is 5.32 Å². The number of hydrogen-bond acceptors (Lipinski definition) is 4. The van der Waals surface area contributed by atoms with E-state index in [1.165, 1.54) is 12.1 Å². The van der Waals surface area contributed by atoms with Gasteiger partial charge < -0.3 is 10.4 Å². The molecule has 2 aromatic rings. The van der Waals surface area contributed by atoms with Crippen molar-refractivity contribution >= 4 is 21.6 Å². The van der Waals surface area contributed by atoms with Crippen LogP contribution < -0.4 is 10.0 Å². The highest BCUT2D eigenvalue weighted by atomic mass is 32.2. The Morgan fingerprint density at radius 3 is 2.37 bits per heavy atom. The normalized spacial score (nSPS) is 19.2. The van der Waals surface area contributed by atoms with Crippen LogP contribution in [-0.2, 0) is 26.8 Å². The van der Waals surface area contributed by atoms with Gasteiger partial charge in [-0.15, -0.1) is 0 Å². The van der Waals surface area contributed by atoms with Crippen LogP contribution in [0.2, 0.25) is 0 Å². The molecular weight excluding hydrogens is 488 g/mol. The van der Waals surface area contributed by atoms with Crippen LogP contribution in [0.1, 0.15) is 61.4 Å². The fourth-order valence-corrected chi connectivity index (χ4v) is 4.59. The number of alkyl halides is 3. The van der Waals surface area contributed by atoms with E-state index in [2.05, 4.69) is 10.0 Å². The number of carbonyl (C=O) groups is 1. The summed E-state index contributed by atoms with van der Waals surface area (Å²) in [6.07, 6.45) is -3.17. The van der Waals surface area contributed by atoms with Gasteiger partial charge in [0.15, 0.2) is 0 Å². The number of nitrogens with one attached hydrogen (secondary N) is 2. The maximum Gasteiger partial charge on any atom is 0.398 e. The number of benzene rings is 2. The lowest BCUT2D eigenvalue weighted by molar-refractivity contribution is -0.180. The SMILES string of the molecule is C[C@@H](NC(=O)C1C[C@@H]1c1ccc(C(C)(C)C(F)(F)F)c(F)c1)c1ccc(NS(C)(=O)=O)c(CO)c1. The van der Waals surface area contributed by atoms with Gasteiger partial charge in [0.05, 0.1) is 30.0 Å². The van der Waals surface area contributed by atoms with E-state index >= 15 is 0 Å². The van der Waals surface area contributed by atoms with Gasteiger partial charge >= 0.3 is 6.18 Å². The Bertz CT molecular complexity index is 1230. The molecule has 0 aliphatic heterocycles. The minimum absolute atomic E-state index is 0.235. The van der Waals surface area contributed by atoms with Crippen molar-refractivity contribution in [2.45, 2.75) is 57.3 Å². The number of carbonyl (C=O) groups excluding carboxylic acids is 1. The Morgan fingerprint density at radius 1 is 1.17 bits per heavy atom. The van der Waals surface area contributed by atoms with Gasteiger partial charge in [0, 0.05) is 17.0 Å². The van der Waals surface area contributed by atoms with Crippen LogP contribution in [0.4, 0.5) is 23.2 Å². The molecule has 0 aromatic heterocycles. The van der Waals surface area contributed by atoms with Crippen molar-refractivity contribution in [2.24, 2.45) is 5.92 Å². The molecule has 3 N–H and O–H groups in total. The predicted octanol–water partition coefficient (Wildman–Crippen LogP) is 4.51. The molecule has 3 atom stereocenters. The molecule has 1 amide bonds. The summed E-state index contributed by atoms with van der Waals surface area (Å²) >= 11 is 0. The molecule has 0 spiro atoms. The number of aliphatic hydroxyl groups is 1. The molecule has 1 aliphatic rings. The molecule has 1 fully saturated rings. The number of aliphatic hydroxyl groups excluding tert-OH is 1. The minimum atomic E-state index is -4.61. The van der Waals surface area contributed by atoms with Gasteiger partial charge in [-0.05, 0) is 62.4 Å². The van der Waals surface area contributed by atoms with Crippen molar-refractivity contribution in [3.05, 3.63) is 64.5 Å². The molecule has 0 saturated heterocycles. The Balaban J connectivity index is 1.68. The zero-order valence-electron chi connectivity index (χ0n) is 19.7. The first kappa shape index (κ1) is 26.9. The van der Waals surface area contributed by atoms with Gasteiger partial charge in [0.25, 0.3) is 0 Å². The van der Waals surface area contributed by atoms with Crippen LogP contribution >= 0.6 is 0 Å². The Morgan fingerprint density at radius 2 is 1.83 bits per heavy atom. The second kappa shape index (κ2) is 9.42. The molecule has 192 valence electrons. The molecule has 3 rings (SSSR count). The number of rotatable bonds is 8. The molecule has 2 aromatic carbocycles. The summed E-state index contributed by atoms with van der Waals surface area (Å²) in [4.78, 5) is 12.7. The van der Waals surface area contributed by atoms with Crippen LogP contribution in [0.3, 0.4) is 0 Å². The number of amides is 1. The molecule has 0 radical (unpaired) electrons. The van der Waals surface area contributed by atoms with E-state index in [1.807, 2.05) is 0 Å². The Hall–Kier alpha value is -2.66. The molecule has 1 unspecified atom stereocenters. The van der Waals surface area contributed by atoms with E-state index in [9.17, 15) is 35.9 Å². The Kier molecular flexibility index (Phi) is 7.25. The van der Waals surface area contributed by atoms with E-state index < -0.39 is 51.6 Å². The van der Waals surface area contributed by atoms with Crippen LogP contribution in [0.15, 0.2) is 36.4 Å². The van der Waals surface area contributed by atoms with Crippen LogP contribution in [0, 0.1) is 11.7 Å². The first-order chi connectivity index (χ1) is 16.0. The molecule has 1 aliphatic carbocycles. The van der Waals surface area contributed by atoms with Gasteiger partial charge in [-0.25, -0.2) is 12.8 Å². The molecule has 11 heteroatoms. The lowest BCUT2D eigenvalue weighted by Crippen LogP contribution is -2.37. The van der Waals surface area contributed by atoms with Crippen LogP contribution in [0.5, 0.6) is 0 Å². The summed E-state index contributed by atoms with van der Waals surface area (Å²) in [5.41, 5.74) is -1.10. The van der Waals surface area contributed by atoms with E-state index in [-0.39, 0.29) is 17.5 Å². The van der Waals surface area contributed by atoms with Gasteiger partial charge in [-0.2, -0.15) is 13.2 Å². The number of halogens is 4. The van der Waals surface area contributed by atoms with Crippen molar-refractivity contribution in [2.75, 3.05) is 11.0 Å². The fraction of sp³-hybridized carbons (Fsp3) is 0.458. The number of anilines is 1. The summed E-state index contributed by atoms with van der Waals surface area (Å²) in [6, 6.07) is 7.89. The summed E-state index contributed by atoms with van der Waals surface area (Å²) < 4.78 is 79.7. The predicted molar refractivity (Wildman–Crippen MR) is 124 cm³/mol. The third kappa shape index (κ3) is 5.95. The van der Waals surface area contributed by atoms with E-state index in [0.29, 0.717) is 23.1 Å². The highest BCUT2D eigenvalue weighted by Gasteiger charge is 2.50. The van der Waals surface area contributed by atoms with Gasteiger partial charge in [-0.3, -0.25) is 9.52 Å². The average molecular weight is 517 g/mol. The summed E-state index contributed by atoms with van der Waals surface area (Å²) in [5.74, 6) is -1.98. The first-order valence-corrected chi connectivity index (χ1v) is 12.8. The molecular formula is C24H28F4N2O4S. The second-order valence-corrected chi connectivity index (χ2v) is 11.2. The van der Waals surface area contributed by atoms with E-state index in [0.717, 1.165) is 32.2 Å². The van der Waals surface area contributed by atoms with Gasteiger partial charge in [-0.1, -0.05) is 18.2 Å². The van der Waals surface area contributed by atoms with Crippen molar-refractivity contribution in [1.29, 1.82) is 0 Å². The van der Waals surface area contributed by atoms with Crippen LogP contribution in [0.25, 0.3) is 0 Å². The second-order valence-electron chi connectivity index (χ2n) is 9.49. The first-order valence-electron chi connectivity index (χ1n) is 10.9. The van der Waals surface area contributed by atoms with Crippen LogP contribution in [-0.4, -0.2) is 31.9 Å². The molecule has 1 saturated carbocycles. The molecule has 0 bridgehead atoms. The van der Waals surface area contributed by atoms with Gasteiger partial charge in [0.1, 0.15) is 5.82 Å². The lowest BCUT2D eigenvalue weighted by atomic mass is 9.83. The summed E-state index contributed by atoms with van der Waals surface area (Å²) in [5, 5.41) is 12.4. The molecule has 6 nitrogen and oxygen atoms in total. The third-order valence-corrected chi connectivity index (χ3v) is 6.97. The topological polar surface area (TPSA) is 95.5 Å². The highest BCUT2D eigenvalue weighted by Crippen LogP contribution is 2.49. The highest BCUT2D eigenvalue weighted by molar-refractivity contribution is 7.92. The zero-order valence-corrected chi connectivity index (χ0v) is 20.5. The standard InChI is InChI=1S/C24H28F4N2O4S/c1-13(14-6-8-21(16(9-14)12-31)30-35(4,33)34)29-22(32)18-11-17(18)15-5-7-19(20(25)10-15)23(2,3)24(26,27)28/h5-10,13,17-18,30-31H,11-12H2,1-4H3,(H,29,32)/t13-,17-,18?/m1/s1. The summed E-state index contributed by atoms with van der Waals surface area (Å²) in [6.45, 7) is 3.16. The maximum atomic E-state index is 14.6.